The van der Waals surface area contributed by atoms with Gasteiger partial charge in [-0.15, -0.1) is 0 Å². The molecule has 1 aromatic carbocycles. The molecule has 2 atom stereocenters. The normalized spacial score (nSPS) is 27.2. The Kier molecular flexibility index (Phi) is 3.56. The lowest BCUT2D eigenvalue weighted by molar-refractivity contribution is 0.0696. The summed E-state index contributed by atoms with van der Waals surface area (Å²) in [6.07, 6.45) is 5.56. The third-order valence-electron chi connectivity index (χ3n) is 4.63. The number of likely N-dealkylation sites (tertiary alicyclic amines) is 1. The van der Waals surface area contributed by atoms with Crippen LogP contribution in [0.5, 0.6) is 0 Å². The van der Waals surface area contributed by atoms with Gasteiger partial charge in [0, 0.05) is 19.6 Å². The molecule has 102 valence electrons. The number of hydrogen-bond donors (Lipinski definition) is 1. The molecule has 1 heterocycles. The van der Waals surface area contributed by atoms with Crippen molar-refractivity contribution in [2.75, 3.05) is 13.1 Å². The number of nitrogens with zero attached hydrogens (tertiary/aromatic N) is 1. The fraction of sp³-hybridized carbons (Fsp3) is 0.562. The molecule has 0 spiro atoms. The van der Waals surface area contributed by atoms with Crippen molar-refractivity contribution in [3.63, 3.8) is 0 Å². The zero-order valence-electron chi connectivity index (χ0n) is 11.2. The summed E-state index contributed by atoms with van der Waals surface area (Å²) in [5, 5.41) is 9.03. The molecule has 1 saturated heterocycles. The second-order valence-corrected chi connectivity index (χ2v) is 6.00. The third kappa shape index (κ3) is 2.81. The van der Waals surface area contributed by atoms with Crippen LogP contribution in [0.3, 0.4) is 0 Å². The Labute approximate surface area is 114 Å². The molecule has 0 unspecified atom stereocenters. The van der Waals surface area contributed by atoms with Crippen LogP contribution in [0.4, 0.5) is 0 Å². The monoisotopic (exact) mass is 259 g/mol. The van der Waals surface area contributed by atoms with Crippen LogP contribution in [0.25, 0.3) is 0 Å². The first kappa shape index (κ1) is 12.7. The van der Waals surface area contributed by atoms with Crippen LogP contribution in [-0.4, -0.2) is 29.1 Å². The molecule has 1 aliphatic carbocycles. The quantitative estimate of drug-likeness (QED) is 0.907. The maximum Gasteiger partial charge on any atom is 0.335 e. The Morgan fingerprint density at radius 3 is 2.53 bits per heavy atom. The Bertz CT molecular complexity index is 458. The van der Waals surface area contributed by atoms with E-state index in [1.165, 1.54) is 38.8 Å². The largest absolute Gasteiger partial charge is 0.478 e. The Morgan fingerprint density at radius 2 is 1.89 bits per heavy atom. The van der Waals surface area contributed by atoms with Crippen molar-refractivity contribution in [1.82, 2.24) is 4.90 Å². The van der Waals surface area contributed by atoms with Crippen LogP contribution < -0.4 is 0 Å². The minimum absolute atomic E-state index is 0.397. The molecule has 0 aromatic heterocycles. The van der Waals surface area contributed by atoms with Gasteiger partial charge in [0.15, 0.2) is 0 Å². The van der Waals surface area contributed by atoms with E-state index in [4.69, 9.17) is 5.11 Å². The molecule has 3 heteroatoms. The van der Waals surface area contributed by atoms with Crippen molar-refractivity contribution >= 4 is 5.97 Å². The fourth-order valence-corrected chi connectivity index (χ4v) is 3.69. The maximum absolute atomic E-state index is 11.0. The summed E-state index contributed by atoms with van der Waals surface area (Å²) >= 11 is 0. The number of benzene rings is 1. The van der Waals surface area contributed by atoms with Crippen LogP contribution in [0.2, 0.25) is 0 Å². The van der Waals surface area contributed by atoms with Crippen molar-refractivity contribution in [3.05, 3.63) is 35.4 Å². The van der Waals surface area contributed by atoms with E-state index in [1.807, 2.05) is 18.2 Å². The van der Waals surface area contributed by atoms with Crippen molar-refractivity contribution < 1.29 is 9.90 Å². The molecule has 3 rings (SSSR count). The predicted molar refractivity (Wildman–Crippen MR) is 74.1 cm³/mol. The number of carbonyl (C=O) groups is 1. The zero-order valence-corrected chi connectivity index (χ0v) is 11.2. The van der Waals surface area contributed by atoms with Crippen LogP contribution in [0, 0.1) is 11.8 Å². The zero-order chi connectivity index (χ0) is 13.2. The minimum Gasteiger partial charge on any atom is -0.478 e. The van der Waals surface area contributed by atoms with Crippen molar-refractivity contribution in [2.45, 2.75) is 32.2 Å². The van der Waals surface area contributed by atoms with Crippen molar-refractivity contribution in [1.29, 1.82) is 0 Å². The third-order valence-corrected chi connectivity index (χ3v) is 4.63. The van der Waals surface area contributed by atoms with E-state index in [0.29, 0.717) is 5.56 Å². The highest BCUT2D eigenvalue weighted by Crippen LogP contribution is 2.36. The van der Waals surface area contributed by atoms with Crippen LogP contribution >= 0.6 is 0 Å². The topological polar surface area (TPSA) is 40.5 Å². The first-order chi connectivity index (χ1) is 9.22. The average Bonchev–Trinajstić information content (AvgIpc) is 2.81. The van der Waals surface area contributed by atoms with E-state index in [0.717, 1.165) is 23.9 Å². The lowest BCUT2D eigenvalue weighted by Gasteiger charge is -2.23. The highest BCUT2D eigenvalue weighted by atomic mass is 16.4. The van der Waals surface area contributed by atoms with Crippen LogP contribution in [-0.2, 0) is 6.54 Å². The smallest absolute Gasteiger partial charge is 0.335 e. The summed E-state index contributed by atoms with van der Waals surface area (Å²) in [6.45, 7) is 3.29. The van der Waals surface area contributed by atoms with E-state index >= 15 is 0 Å². The first-order valence-corrected chi connectivity index (χ1v) is 7.27. The summed E-state index contributed by atoms with van der Waals surface area (Å²) in [5.74, 6) is 0.935. The van der Waals surface area contributed by atoms with Gasteiger partial charge in [-0.05, 0) is 42.4 Å². The molecule has 1 aliphatic heterocycles. The van der Waals surface area contributed by atoms with E-state index in [9.17, 15) is 4.79 Å². The second kappa shape index (κ2) is 5.33. The fourth-order valence-electron chi connectivity index (χ4n) is 3.69. The van der Waals surface area contributed by atoms with Crippen molar-refractivity contribution in [3.8, 4) is 0 Å². The lowest BCUT2D eigenvalue weighted by Crippen LogP contribution is -2.20. The van der Waals surface area contributed by atoms with E-state index in [-0.39, 0.29) is 0 Å². The number of carboxylic acid groups (broad SMARTS) is 1. The summed E-state index contributed by atoms with van der Waals surface area (Å²) in [5.41, 5.74) is 1.52. The molecule has 2 aliphatic rings. The van der Waals surface area contributed by atoms with Gasteiger partial charge in [0.05, 0.1) is 5.56 Å². The molecular weight excluding hydrogens is 238 g/mol. The number of fused-ring (bicyclic) bond motifs is 1. The molecule has 1 N–H and O–H groups in total. The summed E-state index contributed by atoms with van der Waals surface area (Å²) in [6, 6.07) is 7.36. The molecule has 0 amide bonds. The Morgan fingerprint density at radius 1 is 1.21 bits per heavy atom. The number of rotatable bonds is 3. The second-order valence-electron chi connectivity index (χ2n) is 6.00. The number of carboxylic acids is 1. The van der Waals surface area contributed by atoms with Gasteiger partial charge in [-0.2, -0.15) is 0 Å². The van der Waals surface area contributed by atoms with Crippen LogP contribution in [0.15, 0.2) is 24.3 Å². The summed E-state index contributed by atoms with van der Waals surface area (Å²) in [4.78, 5) is 13.5. The molecule has 3 nitrogen and oxygen atoms in total. The molecular formula is C16H21NO2. The molecule has 0 bridgehead atoms. The summed E-state index contributed by atoms with van der Waals surface area (Å²) < 4.78 is 0. The van der Waals surface area contributed by atoms with E-state index in [1.54, 1.807) is 6.07 Å². The molecule has 1 saturated carbocycles. The minimum atomic E-state index is -0.836. The van der Waals surface area contributed by atoms with Gasteiger partial charge in [-0.25, -0.2) is 4.79 Å². The Hall–Kier alpha value is -1.35. The van der Waals surface area contributed by atoms with Crippen LogP contribution in [0.1, 0.15) is 41.6 Å². The van der Waals surface area contributed by atoms with Gasteiger partial charge >= 0.3 is 5.97 Å². The molecule has 1 aromatic rings. The first-order valence-electron chi connectivity index (χ1n) is 7.27. The van der Waals surface area contributed by atoms with Crippen molar-refractivity contribution in [2.24, 2.45) is 11.8 Å². The van der Waals surface area contributed by atoms with Gasteiger partial charge in [0.25, 0.3) is 0 Å². The number of hydrogen-bond acceptors (Lipinski definition) is 2. The predicted octanol–water partition coefficient (Wildman–Crippen LogP) is 3.01. The Balaban J connectivity index is 1.65. The SMILES string of the molecule is O=C(O)c1cccc(CN2C[C@H]3CCCC[C@H]3C2)c1. The molecule has 19 heavy (non-hydrogen) atoms. The maximum atomic E-state index is 11.0. The summed E-state index contributed by atoms with van der Waals surface area (Å²) in [7, 11) is 0. The number of aromatic carboxylic acids is 1. The van der Waals surface area contributed by atoms with Gasteiger partial charge < -0.3 is 5.11 Å². The molecule has 0 radical (unpaired) electrons. The van der Waals surface area contributed by atoms with Gasteiger partial charge in [-0.1, -0.05) is 25.0 Å². The standard InChI is InChI=1S/C16H21NO2/c18-16(19)13-7-3-4-12(8-13)9-17-10-14-5-1-2-6-15(14)11-17/h3-4,7-8,14-15H,1-2,5-6,9-11H2,(H,18,19)/t14-,15+. The average molecular weight is 259 g/mol. The van der Waals surface area contributed by atoms with E-state index in [2.05, 4.69) is 4.90 Å². The van der Waals surface area contributed by atoms with Gasteiger partial charge in [0.2, 0.25) is 0 Å². The van der Waals surface area contributed by atoms with E-state index < -0.39 is 5.97 Å². The van der Waals surface area contributed by atoms with Gasteiger partial charge in [-0.3, -0.25) is 4.90 Å². The van der Waals surface area contributed by atoms with Gasteiger partial charge in [0.1, 0.15) is 0 Å². The lowest BCUT2D eigenvalue weighted by atomic mass is 9.82. The highest BCUT2D eigenvalue weighted by Gasteiger charge is 2.33. The highest BCUT2D eigenvalue weighted by molar-refractivity contribution is 5.87. The molecule has 2 fully saturated rings.